The highest BCUT2D eigenvalue weighted by atomic mass is 16.5. The van der Waals surface area contributed by atoms with E-state index in [2.05, 4.69) is 19.2 Å². The summed E-state index contributed by atoms with van der Waals surface area (Å²) in [6, 6.07) is 0.491. The maximum Gasteiger partial charge on any atom is 0.0834 e. The molecule has 1 aliphatic carbocycles. The third-order valence-electron chi connectivity index (χ3n) is 3.81. The number of hydrogen-bond donors (Lipinski definition) is 1. The summed E-state index contributed by atoms with van der Waals surface area (Å²) in [4.78, 5) is 0. The van der Waals surface area contributed by atoms with Crippen molar-refractivity contribution in [3.05, 3.63) is 0 Å². The van der Waals surface area contributed by atoms with Gasteiger partial charge in [0.25, 0.3) is 0 Å². The van der Waals surface area contributed by atoms with Crippen molar-refractivity contribution in [3.63, 3.8) is 0 Å². The van der Waals surface area contributed by atoms with Gasteiger partial charge in [-0.3, -0.25) is 0 Å². The Morgan fingerprint density at radius 3 is 2.47 bits per heavy atom. The van der Waals surface area contributed by atoms with E-state index in [1.165, 1.54) is 25.7 Å². The Bertz CT molecular complexity index is 191. The van der Waals surface area contributed by atoms with Crippen LogP contribution in [0.3, 0.4) is 0 Å². The van der Waals surface area contributed by atoms with Gasteiger partial charge in [0.2, 0.25) is 0 Å². The molecule has 1 aliphatic rings. The standard InChI is InChI=1S/C14H29NO2/c1-4-15-13(9-8-12-16-3)14(17-5-2)10-6-7-11-14/h13,15H,4-12H2,1-3H3. The first kappa shape index (κ1) is 14.9. The van der Waals surface area contributed by atoms with Crippen LogP contribution in [0.4, 0.5) is 0 Å². The van der Waals surface area contributed by atoms with E-state index >= 15 is 0 Å². The lowest BCUT2D eigenvalue weighted by atomic mass is 9.88. The van der Waals surface area contributed by atoms with E-state index in [1.54, 1.807) is 7.11 Å². The molecule has 1 rings (SSSR count). The highest BCUT2D eigenvalue weighted by Crippen LogP contribution is 2.37. The van der Waals surface area contributed by atoms with Gasteiger partial charge in [-0.1, -0.05) is 19.8 Å². The summed E-state index contributed by atoms with van der Waals surface area (Å²) in [7, 11) is 1.77. The molecule has 1 saturated carbocycles. The lowest BCUT2D eigenvalue weighted by Gasteiger charge is -2.38. The second-order valence-corrected chi connectivity index (χ2v) is 4.95. The number of methoxy groups -OCH3 is 1. The summed E-state index contributed by atoms with van der Waals surface area (Å²) in [6.45, 7) is 6.99. The fourth-order valence-electron chi connectivity index (χ4n) is 3.08. The Morgan fingerprint density at radius 2 is 1.94 bits per heavy atom. The van der Waals surface area contributed by atoms with Crippen LogP contribution < -0.4 is 5.32 Å². The maximum absolute atomic E-state index is 6.13. The Balaban J connectivity index is 2.57. The van der Waals surface area contributed by atoms with Gasteiger partial charge in [0.1, 0.15) is 0 Å². The van der Waals surface area contributed by atoms with Crippen LogP contribution in [-0.2, 0) is 9.47 Å². The minimum atomic E-state index is 0.0957. The van der Waals surface area contributed by atoms with E-state index in [1.807, 2.05) is 0 Å². The Hall–Kier alpha value is -0.120. The van der Waals surface area contributed by atoms with E-state index in [0.717, 1.165) is 32.6 Å². The molecule has 0 saturated heterocycles. The van der Waals surface area contributed by atoms with Crippen LogP contribution in [0.25, 0.3) is 0 Å². The lowest BCUT2D eigenvalue weighted by Crippen LogP contribution is -2.51. The van der Waals surface area contributed by atoms with Crippen molar-refractivity contribution in [2.45, 2.75) is 64.0 Å². The zero-order valence-electron chi connectivity index (χ0n) is 11.8. The van der Waals surface area contributed by atoms with E-state index in [4.69, 9.17) is 9.47 Å². The normalized spacial score (nSPS) is 20.6. The monoisotopic (exact) mass is 243 g/mol. The lowest BCUT2D eigenvalue weighted by molar-refractivity contribution is -0.0640. The van der Waals surface area contributed by atoms with Gasteiger partial charge in [-0.2, -0.15) is 0 Å². The van der Waals surface area contributed by atoms with E-state index in [0.29, 0.717) is 6.04 Å². The quantitative estimate of drug-likeness (QED) is 0.632. The van der Waals surface area contributed by atoms with Gasteiger partial charge in [-0.05, 0) is 39.2 Å². The van der Waals surface area contributed by atoms with Gasteiger partial charge >= 0.3 is 0 Å². The minimum Gasteiger partial charge on any atom is -0.385 e. The molecule has 0 aromatic carbocycles. The first-order chi connectivity index (χ1) is 8.29. The highest BCUT2D eigenvalue weighted by Gasteiger charge is 2.41. The second-order valence-electron chi connectivity index (χ2n) is 4.95. The predicted octanol–water partition coefficient (Wildman–Crippen LogP) is 2.74. The first-order valence-electron chi connectivity index (χ1n) is 7.15. The van der Waals surface area contributed by atoms with Gasteiger partial charge in [0.05, 0.1) is 5.60 Å². The van der Waals surface area contributed by atoms with Gasteiger partial charge in [0.15, 0.2) is 0 Å². The van der Waals surface area contributed by atoms with Crippen LogP contribution >= 0.6 is 0 Å². The Kier molecular flexibility index (Phi) is 7.09. The number of nitrogens with one attached hydrogen (secondary N) is 1. The van der Waals surface area contributed by atoms with Gasteiger partial charge in [0, 0.05) is 26.4 Å². The SMILES string of the molecule is CCNC(CCCOC)C1(OCC)CCCC1. The van der Waals surface area contributed by atoms with E-state index in [-0.39, 0.29) is 5.60 Å². The zero-order valence-corrected chi connectivity index (χ0v) is 11.8. The minimum absolute atomic E-state index is 0.0957. The molecule has 3 nitrogen and oxygen atoms in total. The van der Waals surface area contributed by atoms with Crippen LogP contribution in [0.15, 0.2) is 0 Å². The van der Waals surface area contributed by atoms with Crippen LogP contribution in [0.2, 0.25) is 0 Å². The van der Waals surface area contributed by atoms with Crippen LogP contribution in [0.5, 0.6) is 0 Å². The highest BCUT2D eigenvalue weighted by molar-refractivity contribution is 4.96. The Morgan fingerprint density at radius 1 is 1.24 bits per heavy atom. The predicted molar refractivity (Wildman–Crippen MR) is 71.4 cm³/mol. The molecule has 3 heteroatoms. The number of rotatable bonds is 9. The van der Waals surface area contributed by atoms with E-state index < -0.39 is 0 Å². The number of hydrogen-bond acceptors (Lipinski definition) is 3. The Labute approximate surface area is 106 Å². The first-order valence-corrected chi connectivity index (χ1v) is 7.15. The molecule has 102 valence electrons. The summed E-state index contributed by atoms with van der Waals surface area (Å²) in [5.74, 6) is 0. The molecule has 0 bridgehead atoms. The average molecular weight is 243 g/mol. The molecule has 0 aromatic rings. The van der Waals surface area contributed by atoms with Crippen molar-refractivity contribution in [3.8, 4) is 0 Å². The molecule has 0 spiro atoms. The summed E-state index contributed by atoms with van der Waals surface area (Å²) >= 11 is 0. The molecule has 0 aliphatic heterocycles. The third-order valence-corrected chi connectivity index (χ3v) is 3.81. The fraction of sp³-hybridized carbons (Fsp3) is 1.00. The summed E-state index contributed by atoms with van der Waals surface area (Å²) in [6.07, 6.45) is 7.32. The van der Waals surface area contributed by atoms with Crippen molar-refractivity contribution in [2.24, 2.45) is 0 Å². The maximum atomic E-state index is 6.13. The molecular formula is C14H29NO2. The van der Waals surface area contributed by atoms with Crippen LogP contribution in [0.1, 0.15) is 52.4 Å². The molecule has 1 fully saturated rings. The number of ether oxygens (including phenoxy) is 2. The van der Waals surface area contributed by atoms with Crippen LogP contribution in [-0.4, -0.2) is 38.5 Å². The topological polar surface area (TPSA) is 30.5 Å². The molecule has 0 aromatic heterocycles. The van der Waals surface area contributed by atoms with Crippen LogP contribution in [0, 0.1) is 0 Å². The van der Waals surface area contributed by atoms with Crippen molar-refractivity contribution in [1.29, 1.82) is 0 Å². The summed E-state index contributed by atoms with van der Waals surface area (Å²) in [5.41, 5.74) is 0.0957. The molecule has 17 heavy (non-hydrogen) atoms. The smallest absolute Gasteiger partial charge is 0.0834 e. The van der Waals surface area contributed by atoms with Crippen molar-refractivity contribution >= 4 is 0 Å². The van der Waals surface area contributed by atoms with Crippen molar-refractivity contribution in [2.75, 3.05) is 26.9 Å². The summed E-state index contributed by atoms with van der Waals surface area (Å²) in [5, 5.41) is 3.63. The van der Waals surface area contributed by atoms with Gasteiger partial charge in [-0.25, -0.2) is 0 Å². The largest absolute Gasteiger partial charge is 0.385 e. The third kappa shape index (κ3) is 4.23. The molecule has 1 N–H and O–H groups in total. The molecular weight excluding hydrogens is 214 g/mol. The average Bonchev–Trinajstić information content (AvgIpc) is 2.78. The fourth-order valence-corrected chi connectivity index (χ4v) is 3.08. The van der Waals surface area contributed by atoms with Crippen molar-refractivity contribution in [1.82, 2.24) is 5.32 Å². The van der Waals surface area contributed by atoms with Gasteiger partial charge < -0.3 is 14.8 Å². The van der Waals surface area contributed by atoms with Gasteiger partial charge in [-0.15, -0.1) is 0 Å². The zero-order chi connectivity index (χ0) is 12.6. The molecule has 0 amide bonds. The number of likely N-dealkylation sites (N-methyl/N-ethyl adjacent to an activating group) is 1. The van der Waals surface area contributed by atoms with Crippen molar-refractivity contribution < 1.29 is 9.47 Å². The second kappa shape index (κ2) is 8.06. The molecule has 0 radical (unpaired) electrons. The summed E-state index contributed by atoms with van der Waals surface area (Å²) < 4.78 is 11.3. The molecule has 0 heterocycles. The molecule has 1 atom stereocenters. The molecule has 1 unspecified atom stereocenters. The van der Waals surface area contributed by atoms with E-state index in [9.17, 15) is 0 Å².